The summed E-state index contributed by atoms with van der Waals surface area (Å²) in [6.45, 7) is 0. The van der Waals surface area contributed by atoms with Crippen molar-refractivity contribution >= 4 is 27.4 Å². The second-order valence-corrected chi connectivity index (χ2v) is 4.28. The molecule has 0 saturated carbocycles. The molecule has 0 aliphatic heterocycles. The molecule has 0 fully saturated rings. The minimum atomic E-state index is -2.29. The average Bonchev–Trinajstić information content (AvgIpc) is 2.70. The van der Waals surface area contributed by atoms with Crippen LogP contribution in [-0.2, 0) is 4.79 Å². The molecule has 84 valence electrons. The number of aliphatic carboxylic acids is 1. The van der Waals surface area contributed by atoms with Crippen LogP contribution in [0.2, 0.25) is 0 Å². The fourth-order valence-electron chi connectivity index (χ4n) is 1.52. The third-order valence-electron chi connectivity index (χ3n) is 2.34. The zero-order chi connectivity index (χ0) is 11.7. The minimum absolute atomic E-state index is 0.329. The van der Waals surface area contributed by atoms with Gasteiger partial charge in [0.1, 0.15) is 6.10 Å². The molecule has 2 unspecified atom stereocenters. The van der Waals surface area contributed by atoms with Crippen LogP contribution < -0.4 is 0 Å². The van der Waals surface area contributed by atoms with E-state index in [2.05, 4.69) is 0 Å². The Bertz CT molecular complexity index is 523. The monoisotopic (exact) mass is 240 g/mol. The lowest BCUT2D eigenvalue weighted by Gasteiger charge is -2.11. The zero-order valence-electron chi connectivity index (χ0n) is 8.13. The van der Waals surface area contributed by atoms with Crippen molar-refractivity contribution in [3.05, 3.63) is 35.2 Å². The third-order valence-corrected chi connectivity index (χ3v) is 3.32. The molecule has 0 bridgehead atoms. The van der Waals surface area contributed by atoms with Crippen molar-refractivity contribution < 1.29 is 19.4 Å². The van der Waals surface area contributed by atoms with Gasteiger partial charge in [-0.25, -0.2) is 9.18 Å². The smallest absolute Gasteiger partial charge is 0.341 e. The van der Waals surface area contributed by atoms with Crippen molar-refractivity contribution in [3.8, 4) is 0 Å². The minimum Gasteiger partial charge on any atom is -0.479 e. The summed E-state index contributed by atoms with van der Waals surface area (Å²) in [6.07, 6.45) is -3.91. The van der Waals surface area contributed by atoms with Crippen LogP contribution in [-0.4, -0.2) is 22.4 Å². The summed E-state index contributed by atoms with van der Waals surface area (Å²) in [5.74, 6) is -1.65. The van der Waals surface area contributed by atoms with Gasteiger partial charge in [0.2, 0.25) is 6.17 Å². The van der Waals surface area contributed by atoms with Gasteiger partial charge in [-0.2, -0.15) is 0 Å². The van der Waals surface area contributed by atoms with Crippen molar-refractivity contribution in [2.75, 3.05) is 0 Å². The van der Waals surface area contributed by atoms with Crippen molar-refractivity contribution in [2.45, 2.75) is 12.3 Å². The lowest BCUT2D eigenvalue weighted by molar-refractivity contribution is -0.147. The first-order valence-corrected chi connectivity index (χ1v) is 5.50. The van der Waals surface area contributed by atoms with Gasteiger partial charge in [-0.3, -0.25) is 0 Å². The van der Waals surface area contributed by atoms with Gasteiger partial charge in [-0.1, -0.05) is 18.2 Å². The van der Waals surface area contributed by atoms with Gasteiger partial charge in [0.05, 0.1) is 0 Å². The average molecular weight is 240 g/mol. The molecule has 0 saturated heterocycles. The number of carbonyl (C=O) groups is 1. The van der Waals surface area contributed by atoms with Gasteiger partial charge in [0.25, 0.3) is 0 Å². The summed E-state index contributed by atoms with van der Waals surface area (Å²) in [5, 5.41) is 20.4. The topological polar surface area (TPSA) is 57.5 Å². The zero-order valence-corrected chi connectivity index (χ0v) is 8.95. The van der Waals surface area contributed by atoms with E-state index >= 15 is 0 Å². The first-order chi connectivity index (χ1) is 7.61. The summed E-state index contributed by atoms with van der Waals surface area (Å²) in [4.78, 5) is 10.4. The van der Waals surface area contributed by atoms with E-state index in [1.165, 1.54) is 11.3 Å². The molecule has 2 aromatic rings. The van der Waals surface area contributed by atoms with Crippen LogP contribution in [0.5, 0.6) is 0 Å². The van der Waals surface area contributed by atoms with Gasteiger partial charge >= 0.3 is 5.97 Å². The summed E-state index contributed by atoms with van der Waals surface area (Å²) < 4.78 is 14.1. The number of carboxylic acid groups (broad SMARTS) is 1. The Kier molecular flexibility index (Phi) is 2.89. The molecule has 3 nitrogen and oxygen atoms in total. The molecule has 2 N–H and O–H groups in total. The van der Waals surface area contributed by atoms with Crippen LogP contribution in [0.1, 0.15) is 11.7 Å². The number of carboxylic acids is 1. The van der Waals surface area contributed by atoms with Gasteiger partial charge in [-0.15, -0.1) is 11.3 Å². The summed E-state index contributed by atoms with van der Waals surface area (Å²) >= 11 is 1.35. The van der Waals surface area contributed by atoms with E-state index in [1.54, 1.807) is 17.5 Å². The number of aliphatic hydroxyl groups excluding tert-OH is 1. The molecular formula is C11H9FO3S. The molecule has 0 aliphatic carbocycles. The van der Waals surface area contributed by atoms with E-state index in [-0.39, 0.29) is 0 Å². The lowest BCUT2D eigenvalue weighted by Crippen LogP contribution is -2.22. The molecule has 0 aliphatic rings. The molecular weight excluding hydrogens is 231 g/mol. The van der Waals surface area contributed by atoms with Crippen molar-refractivity contribution in [2.24, 2.45) is 0 Å². The van der Waals surface area contributed by atoms with Gasteiger partial charge in [-0.05, 0) is 16.8 Å². The number of hydrogen-bond acceptors (Lipinski definition) is 3. The Morgan fingerprint density at radius 3 is 2.75 bits per heavy atom. The number of thiophene rings is 1. The predicted octanol–water partition coefficient (Wildman–Crippen LogP) is 2.36. The van der Waals surface area contributed by atoms with E-state index in [9.17, 15) is 14.3 Å². The van der Waals surface area contributed by atoms with Crippen LogP contribution in [0.25, 0.3) is 10.1 Å². The first-order valence-electron chi connectivity index (χ1n) is 4.62. The third kappa shape index (κ3) is 1.79. The SMILES string of the molecule is O=C(O)C(F)C(O)c1csc2ccccc12. The standard InChI is InChI=1S/C11H9FO3S/c12-9(11(14)15)10(13)7-5-16-8-4-2-1-3-6(7)8/h1-5,9-10,13H,(H,14,15). The fraction of sp³-hybridized carbons (Fsp3) is 0.182. The second kappa shape index (κ2) is 4.19. The molecule has 1 aromatic carbocycles. The van der Waals surface area contributed by atoms with E-state index in [0.717, 1.165) is 4.70 Å². The maximum absolute atomic E-state index is 13.2. The predicted molar refractivity (Wildman–Crippen MR) is 59.3 cm³/mol. The number of alkyl halides is 1. The Morgan fingerprint density at radius 2 is 2.06 bits per heavy atom. The maximum Gasteiger partial charge on any atom is 0.341 e. The Balaban J connectivity index is 2.44. The number of aliphatic hydroxyl groups is 1. The number of rotatable bonds is 3. The van der Waals surface area contributed by atoms with E-state index in [4.69, 9.17) is 5.11 Å². The second-order valence-electron chi connectivity index (χ2n) is 3.37. The largest absolute Gasteiger partial charge is 0.479 e. The highest BCUT2D eigenvalue weighted by Crippen LogP contribution is 2.32. The lowest BCUT2D eigenvalue weighted by atomic mass is 10.0. The fourth-order valence-corrected chi connectivity index (χ4v) is 2.51. The highest BCUT2D eigenvalue weighted by atomic mass is 32.1. The van der Waals surface area contributed by atoms with Crippen LogP contribution in [0.4, 0.5) is 4.39 Å². The molecule has 0 radical (unpaired) electrons. The van der Waals surface area contributed by atoms with Crippen LogP contribution in [0.15, 0.2) is 29.6 Å². The van der Waals surface area contributed by atoms with Crippen LogP contribution in [0, 0.1) is 0 Å². The molecule has 16 heavy (non-hydrogen) atoms. The van der Waals surface area contributed by atoms with Crippen molar-refractivity contribution in [1.29, 1.82) is 0 Å². The normalized spacial score (nSPS) is 14.9. The number of fused-ring (bicyclic) bond motifs is 1. The van der Waals surface area contributed by atoms with Gasteiger partial charge in [0, 0.05) is 10.3 Å². The van der Waals surface area contributed by atoms with Crippen molar-refractivity contribution in [3.63, 3.8) is 0 Å². The maximum atomic E-state index is 13.2. The number of halogens is 1. The number of hydrogen-bond donors (Lipinski definition) is 2. The molecule has 2 atom stereocenters. The Labute approximate surface area is 94.8 Å². The molecule has 1 heterocycles. The molecule has 2 rings (SSSR count). The first kappa shape index (κ1) is 11.0. The highest BCUT2D eigenvalue weighted by molar-refractivity contribution is 7.17. The van der Waals surface area contributed by atoms with E-state index < -0.39 is 18.2 Å². The van der Waals surface area contributed by atoms with Gasteiger partial charge in [0.15, 0.2) is 0 Å². The summed E-state index contributed by atoms with van der Waals surface area (Å²) in [6, 6.07) is 7.17. The molecule has 5 heteroatoms. The van der Waals surface area contributed by atoms with E-state index in [0.29, 0.717) is 10.9 Å². The van der Waals surface area contributed by atoms with Gasteiger partial charge < -0.3 is 10.2 Å². The quantitative estimate of drug-likeness (QED) is 0.865. The summed E-state index contributed by atoms with van der Waals surface area (Å²) in [5.41, 5.74) is 0.329. The highest BCUT2D eigenvalue weighted by Gasteiger charge is 2.28. The Morgan fingerprint density at radius 1 is 1.38 bits per heavy atom. The molecule has 1 aromatic heterocycles. The molecule has 0 spiro atoms. The summed E-state index contributed by atoms with van der Waals surface area (Å²) in [7, 11) is 0. The van der Waals surface area contributed by atoms with E-state index in [1.807, 2.05) is 12.1 Å². The van der Waals surface area contributed by atoms with Crippen LogP contribution >= 0.6 is 11.3 Å². The van der Waals surface area contributed by atoms with Crippen LogP contribution in [0.3, 0.4) is 0 Å². The number of benzene rings is 1. The molecule has 0 amide bonds. The Hall–Kier alpha value is -1.46. The van der Waals surface area contributed by atoms with Crippen molar-refractivity contribution in [1.82, 2.24) is 0 Å².